The fourth-order valence-corrected chi connectivity index (χ4v) is 3.22. The number of rotatable bonds is 7. The highest BCUT2D eigenvalue weighted by Gasteiger charge is 2.17. The minimum Gasteiger partial charge on any atom is -0.461 e. The smallest absolute Gasteiger partial charge is 0.237 e. The summed E-state index contributed by atoms with van der Waals surface area (Å²) in [6.45, 7) is 4.31. The SMILES string of the molecule is C=CCn1c(SCc2nc(-c3ccc(F)cc3)no2)nnc1-c1ccco1. The maximum atomic E-state index is 13.0. The zero-order chi connectivity index (χ0) is 18.6. The third kappa shape index (κ3) is 3.68. The molecule has 0 bridgehead atoms. The van der Waals surface area contributed by atoms with Crippen molar-refractivity contribution >= 4 is 11.8 Å². The van der Waals surface area contributed by atoms with Crippen molar-refractivity contribution in [2.45, 2.75) is 17.5 Å². The zero-order valence-corrected chi connectivity index (χ0v) is 14.9. The number of nitrogens with zero attached hydrogens (tertiary/aromatic N) is 5. The molecule has 0 aliphatic heterocycles. The number of allylic oxidation sites excluding steroid dienone is 1. The average Bonchev–Trinajstić information content (AvgIpc) is 3.42. The first-order valence-corrected chi connectivity index (χ1v) is 9.02. The predicted octanol–water partition coefficient (Wildman–Crippen LogP) is 4.21. The van der Waals surface area contributed by atoms with Gasteiger partial charge in [-0.05, 0) is 36.4 Å². The van der Waals surface area contributed by atoms with Gasteiger partial charge in [-0.15, -0.1) is 16.8 Å². The molecule has 0 spiro atoms. The molecule has 4 aromatic rings. The van der Waals surface area contributed by atoms with E-state index in [1.54, 1.807) is 30.5 Å². The Hall–Kier alpha value is -3.20. The molecule has 0 saturated heterocycles. The van der Waals surface area contributed by atoms with Gasteiger partial charge in [-0.2, -0.15) is 4.98 Å². The largest absolute Gasteiger partial charge is 0.461 e. The van der Waals surface area contributed by atoms with Crippen molar-refractivity contribution in [2.24, 2.45) is 0 Å². The summed E-state index contributed by atoms with van der Waals surface area (Å²) < 4.78 is 25.6. The van der Waals surface area contributed by atoms with Crippen LogP contribution in [0.25, 0.3) is 23.0 Å². The van der Waals surface area contributed by atoms with E-state index in [-0.39, 0.29) is 5.82 Å². The highest BCUT2D eigenvalue weighted by atomic mass is 32.2. The first-order valence-electron chi connectivity index (χ1n) is 8.04. The molecule has 0 aliphatic carbocycles. The first-order chi connectivity index (χ1) is 13.2. The summed E-state index contributed by atoms with van der Waals surface area (Å²) in [4.78, 5) is 4.34. The maximum absolute atomic E-state index is 13.0. The zero-order valence-electron chi connectivity index (χ0n) is 14.1. The van der Waals surface area contributed by atoms with Crippen molar-refractivity contribution in [1.82, 2.24) is 24.9 Å². The molecule has 7 nitrogen and oxygen atoms in total. The van der Waals surface area contributed by atoms with Crippen LogP contribution in [0.1, 0.15) is 5.89 Å². The molecule has 0 unspecified atom stereocenters. The third-order valence-electron chi connectivity index (χ3n) is 3.67. The molecule has 1 aromatic carbocycles. The lowest BCUT2D eigenvalue weighted by molar-refractivity contribution is 0.391. The Labute approximate surface area is 157 Å². The molecular formula is C18H14FN5O2S. The standard InChI is InChI=1S/C18H14FN5O2S/c1-2-9-24-17(14-4-3-10-25-14)21-22-18(24)27-11-15-20-16(23-26-15)12-5-7-13(19)8-6-12/h2-8,10H,1,9,11H2. The van der Waals surface area contributed by atoms with Gasteiger partial charge in [0.05, 0.1) is 12.0 Å². The van der Waals surface area contributed by atoms with Crippen LogP contribution in [0.3, 0.4) is 0 Å². The summed E-state index contributed by atoms with van der Waals surface area (Å²) in [5.41, 5.74) is 0.686. The van der Waals surface area contributed by atoms with Gasteiger partial charge in [-0.3, -0.25) is 4.57 Å². The maximum Gasteiger partial charge on any atom is 0.237 e. The van der Waals surface area contributed by atoms with Gasteiger partial charge in [-0.25, -0.2) is 4.39 Å². The van der Waals surface area contributed by atoms with Crippen LogP contribution >= 0.6 is 11.8 Å². The van der Waals surface area contributed by atoms with Crippen LogP contribution in [0.2, 0.25) is 0 Å². The topological polar surface area (TPSA) is 82.8 Å². The van der Waals surface area contributed by atoms with E-state index in [0.717, 1.165) is 0 Å². The lowest BCUT2D eigenvalue weighted by Gasteiger charge is -2.04. The van der Waals surface area contributed by atoms with E-state index in [1.165, 1.54) is 23.9 Å². The number of hydrogen-bond acceptors (Lipinski definition) is 7. The van der Waals surface area contributed by atoms with E-state index in [0.29, 0.717) is 46.3 Å². The Balaban J connectivity index is 1.51. The highest BCUT2D eigenvalue weighted by molar-refractivity contribution is 7.98. The summed E-state index contributed by atoms with van der Waals surface area (Å²) in [5, 5.41) is 13.0. The Kier molecular flexibility index (Phi) is 4.84. The number of benzene rings is 1. The molecule has 3 heterocycles. The second-order valence-corrected chi connectivity index (χ2v) is 6.43. The van der Waals surface area contributed by atoms with Gasteiger partial charge in [0, 0.05) is 12.1 Å². The van der Waals surface area contributed by atoms with Crippen molar-refractivity contribution in [1.29, 1.82) is 0 Å². The van der Waals surface area contributed by atoms with Crippen LogP contribution < -0.4 is 0 Å². The van der Waals surface area contributed by atoms with Crippen LogP contribution in [0.15, 0.2) is 69.4 Å². The first kappa shape index (κ1) is 17.2. The minimum absolute atomic E-state index is 0.313. The Morgan fingerprint density at radius 1 is 1.19 bits per heavy atom. The second-order valence-electron chi connectivity index (χ2n) is 5.49. The van der Waals surface area contributed by atoms with Gasteiger partial charge in [0.25, 0.3) is 0 Å². The van der Waals surface area contributed by atoms with Gasteiger partial charge >= 0.3 is 0 Å². The van der Waals surface area contributed by atoms with E-state index >= 15 is 0 Å². The van der Waals surface area contributed by atoms with Gasteiger partial charge in [0.15, 0.2) is 10.9 Å². The third-order valence-corrected chi connectivity index (χ3v) is 4.62. The number of hydrogen-bond donors (Lipinski definition) is 0. The summed E-state index contributed by atoms with van der Waals surface area (Å²) >= 11 is 1.41. The van der Waals surface area contributed by atoms with E-state index in [9.17, 15) is 4.39 Å². The van der Waals surface area contributed by atoms with E-state index in [4.69, 9.17) is 8.94 Å². The molecule has 0 atom stereocenters. The molecule has 0 fully saturated rings. The molecule has 0 N–H and O–H groups in total. The van der Waals surface area contributed by atoms with Crippen LogP contribution in [0.5, 0.6) is 0 Å². The molecular weight excluding hydrogens is 369 g/mol. The van der Waals surface area contributed by atoms with Gasteiger partial charge in [-0.1, -0.05) is 23.0 Å². The highest BCUT2D eigenvalue weighted by Crippen LogP contribution is 2.27. The van der Waals surface area contributed by atoms with Crippen molar-refractivity contribution in [2.75, 3.05) is 0 Å². The second kappa shape index (κ2) is 7.58. The van der Waals surface area contributed by atoms with Crippen molar-refractivity contribution in [3.63, 3.8) is 0 Å². The summed E-state index contributed by atoms with van der Waals surface area (Å²) in [5.74, 6) is 2.21. The molecule has 3 aromatic heterocycles. The molecule has 0 saturated carbocycles. The van der Waals surface area contributed by atoms with E-state index in [2.05, 4.69) is 26.9 Å². The molecule has 4 rings (SSSR count). The Morgan fingerprint density at radius 2 is 2.04 bits per heavy atom. The normalized spacial score (nSPS) is 11.0. The molecule has 136 valence electrons. The number of thioether (sulfide) groups is 1. The quantitative estimate of drug-likeness (QED) is 0.349. The van der Waals surface area contributed by atoms with Gasteiger partial charge in [0.2, 0.25) is 17.5 Å². The molecule has 9 heteroatoms. The number of aromatic nitrogens is 5. The number of furan rings is 1. The summed E-state index contributed by atoms with van der Waals surface area (Å²) in [6.07, 6.45) is 3.35. The van der Waals surface area contributed by atoms with E-state index < -0.39 is 0 Å². The lowest BCUT2D eigenvalue weighted by Crippen LogP contribution is -2.00. The van der Waals surface area contributed by atoms with Crippen LogP contribution in [0.4, 0.5) is 4.39 Å². The average molecular weight is 383 g/mol. The lowest BCUT2D eigenvalue weighted by atomic mass is 10.2. The van der Waals surface area contributed by atoms with Crippen LogP contribution in [-0.4, -0.2) is 24.9 Å². The van der Waals surface area contributed by atoms with Crippen LogP contribution in [0, 0.1) is 5.82 Å². The van der Waals surface area contributed by atoms with Crippen molar-refractivity contribution in [3.8, 4) is 23.0 Å². The predicted molar refractivity (Wildman–Crippen MR) is 97.2 cm³/mol. The molecule has 0 radical (unpaired) electrons. The van der Waals surface area contributed by atoms with Crippen LogP contribution in [-0.2, 0) is 12.3 Å². The van der Waals surface area contributed by atoms with E-state index in [1.807, 2.05) is 10.6 Å². The summed E-state index contributed by atoms with van der Waals surface area (Å²) in [7, 11) is 0. The fourth-order valence-electron chi connectivity index (χ4n) is 2.43. The van der Waals surface area contributed by atoms with Gasteiger partial charge in [0.1, 0.15) is 5.82 Å². The number of halogens is 1. The fraction of sp³-hybridized carbons (Fsp3) is 0.111. The molecule has 27 heavy (non-hydrogen) atoms. The monoisotopic (exact) mass is 383 g/mol. The molecule has 0 aliphatic rings. The van der Waals surface area contributed by atoms with Crippen molar-refractivity contribution < 1.29 is 13.3 Å². The van der Waals surface area contributed by atoms with Gasteiger partial charge < -0.3 is 8.94 Å². The minimum atomic E-state index is -0.313. The summed E-state index contributed by atoms with van der Waals surface area (Å²) in [6, 6.07) is 9.54. The Morgan fingerprint density at radius 3 is 2.78 bits per heavy atom. The molecule has 0 amide bonds. The van der Waals surface area contributed by atoms with Crippen molar-refractivity contribution in [3.05, 3.63) is 67.0 Å². The Bertz CT molecular complexity index is 1040.